The number of rotatable bonds is 9. The first-order valence-corrected chi connectivity index (χ1v) is 8.95. The van der Waals surface area contributed by atoms with Crippen molar-refractivity contribution in [2.45, 2.75) is 63.4 Å². The van der Waals surface area contributed by atoms with Crippen LogP contribution in [-0.4, -0.2) is 48.5 Å². The van der Waals surface area contributed by atoms with Crippen molar-refractivity contribution in [1.82, 2.24) is 5.32 Å². The van der Waals surface area contributed by atoms with Crippen LogP contribution in [0.2, 0.25) is 0 Å². The molecular weight excluding hydrogens is 258 g/mol. The second-order valence-corrected chi connectivity index (χ2v) is 7.10. The molecule has 0 aromatic rings. The van der Waals surface area contributed by atoms with Crippen LogP contribution >= 0.6 is 11.8 Å². The Balaban J connectivity index is 2.02. The van der Waals surface area contributed by atoms with Crippen molar-refractivity contribution in [3.8, 4) is 0 Å². The molecule has 0 spiro atoms. The van der Waals surface area contributed by atoms with E-state index in [-0.39, 0.29) is 6.10 Å². The summed E-state index contributed by atoms with van der Waals surface area (Å²) in [7, 11) is 0. The van der Waals surface area contributed by atoms with E-state index in [1.807, 2.05) is 11.8 Å². The van der Waals surface area contributed by atoms with Gasteiger partial charge in [-0.1, -0.05) is 26.7 Å². The van der Waals surface area contributed by atoms with Crippen molar-refractivity contribution in [2.24, 2.45) is 5.92 Å². The third-order valence-corrected chi connectivity index (χ3v) is 5.09. The van der Waals surface area contributed by atoms with Gasteiger partial charge in [0.05, 0.1) is 18.8 Å². The van der Waals surface area contributed by atoms with Crippen molar-refractivity contribution >= 4 is 11.8 Å². The van der Waals surface area contributed by atoms with Crippen LogP contribution in [-0.2, 0) is 4.74 Å². The molecule has 1 rings (SSSR count). The smallest absolute Gasteiger partial charge is 0.0897 e. The van der Waals surface area contributed by atoms with Gasteiger partial charge in [-0.3, -0.25) is 0 Å². The number of hydrogen-bond acceptors (Lipinski definition) is 4. The molecular formula is C15H31NO2S. The summed E-state index contributed by atoms with van der Waals surface area (Å²) in [5, 5.41) is 13.9. The Labute approximate surface area is 122 Å². The summed E-state index contributed by atoms with van der Waals surface area (Å²) in [6.45, 7) is 6.58. The van der Waals surface area contributed by atoms with Gasteiger partial charge in [0.2, 0.25) is 0 Å². The maximum Gasteiger partial charge on any atom is 0.0897 e. The summed E-state index contributed by atoms with van der Waals surface area (Å²) in [5.74, 6) is 0.649. The second-order valence-electron chi connectivity index (χ2n) is 5.83. The van der Waals surface area contributed by atoms with E-state index in [4.69, 9.17) is 4.74 Å². The lowest BCUT2D eigenvalue weighted by Crippen LogP contribution is -2.35. The molecule has 19 heavy (non-hydrogen) atoms. The average Bonchev–Trinajstić information content (AvgIpc) is 2.42. The first kappa shape index (κ1) is 17.3. The number of thioether (sulfide) groups is 1. The highest BCUT2D eigenvalue weighted by atomic mass is 32.2. The molecule has 2 N–H and O–H groups in total. The maximum atomic E-state index is 9.90. The van der Waals surface area contributed by atoms with E-state index in [9.17, 15) is 5.11 Å². The minimum atomic E-state index is -0.376. The van der Waals surface area contributed by atoms with Gasteiger partial charge >= 0.3 is 0 Å². The van der Waals surface area contributed by atoms with E-state index >= 15 is 0 Å². The van der Waals surface area contributed by atoms with E-state index in [1.165, 1.54) is 19.3 Å². The second kappa shape index (κ2) is 10.0. The molecule has 4 unspecified atom stereocenters. The Bertz CT molecular complexity index is 228. The summed E-state index contributed by atoms with van der Waals surface area (Å²) in [6, 6.07) is 0. The van der Waals surface area contributed by atoms with Crippen molar-refractivity contribution in [1.29, 1.82) is 0 Å². The first-order chi connectivity index (χ1) is 9.13. The zero-order valence-corrected chi connectivity index (χ0v) is 13.5. The van der Waals surface area contributed by atoms with Crippen molar-refractivity contribution in [2.75, 3.05) is 26.0 Å². The zero-order valence-electron chi connectivity index (χ0n) is 12.7. The molecule has 1 fully saturated rings. The molecule has 1 aliphatic rings. The molecule has 4 heteroatoms. The highest BCUT2D eigenvalue weighted by molar-refractivity contribution is 7.99. The van der Waals surface area contributed by atoms with E-state index in [1.54, 1.807) is 0 Å². The number of nitrogens with one attached hydrogen (secondary N) is 1. The quantitative estimate of drug-likeness (QED) is 0.640. The fourth-order valence-corrected chi connectivity index (χ4v) is 2.87. The molecule has 0 aliphatic heterocycles. The zero-order chi connectivity index (χ0) is 14.1. The normalized spacial score (nSPS) is 27.2. The maximum absolute atomic E-state index is 9.90. The Morgan fingerprint density at radius 3 is 2.79 bits per heavy atom. The van der Waals surface area contributed by atoms with E-state index < -0.39 is 0 Å². The van der Waals surface area contributed by atoms with Crippen molar-refractivity contribution in [3.05, 3.63) is 0 Å². The molecule has 0 aromatic heterocycles. The monoisotopic (exact) mass is 289 g/mol. The van der Waals surface area contributed by atoms with Crippen LogP contribution in [0, 0.1) is 5.92 Å². The molecule has 4 atom stereocenters. The van der Waals surface area contributed by atoms with E-state index in [0.29, 0.717) is 30.4 Å². The van der Waals surface area contributed by atoms with Gasteiger partial charge in [-0.15, -0.1) is 0 Å². The molecule has 0 bridgehead atoms. The molecule has 3 nitrogen and oxygen atoms in total. The lowest BCUT2D eigenvalue weighted by molar-refractivity contribution is -0.0451. The van der Waals surface area contributed by atoms with Crippen molar-refractivity contribution in [3.63, 3.8) is 0 Å². The van der Waals surface area contributed by atoms with Gasteiger partial charge in [-0.2, -0.15) is 11.8 Å². The third-order valence-electron chi connectivity index (χ3n) is 4.05. The summed E-state index contributed by atoms with van der Waals surface area (Å²) in [4.78, 5) is 0. The Morgan fingerprint density at radius 2 is 2.11 bits per heavy atom. The fraction of sp³-hybridized carbons (Fsp3) is 1.00. The van der Waals surface area contributed by atoms with Gasteiger partial charge in [0.1, 0.15) is 0 Å². The molecule has 0 saturated heterocycles. The number of ether oxygens (including phenoxy) is 1. The largest absolute Gasteiger partial charge is 0.389 e. The summed E-state index contributed by atoms with van der Waals surface area (Å²) < 4.78 is 5.86. The minimum absolute atomic E-state index is 0.361. The van der Waals surface area contributed by atoms with E-state index in [2.05, 4.69) is 25.4 Å². The van der Waals surface area contributed by atoms with Gasteiger partial charge in [-0.25, -0.2) is 0 Å². The Hall–Kier alpha value is 0.230. The van der Waals surface area contributed by atoms with Crippen LogP contribution in [0.15, 0.2) is 0 Å². The fourth-order valence-electron chi connectivity index (χ4n) is 2.52. The SMILES string of the molecule is CSC(C)CCNCC(O)COC1CCCCC1C. The lowest BCUT2D eigenvalue weighted by Gasteiger charge is -2.29. The first-order valence-electron chi connectivity index (χ1n) is 7.66. The predicted molar refractivity (Wildman–Crippen MR) is 83.8 cm³/mol. The van der Waals surface area contributed by atoms with Crippen LogP contribution in [0.3, 0.4) is 0 Å². The predicted octanol–water partition coefficient (Wildman–Crippen LogP) is 2.67. The summed E-state index contributed by atoms with van der Waals surface area (Å²) in [6.07, 6.45) is 8.30. The molecule has 0 radical (unpaired) electrons. The van der Waals surface area contributed by atoms with Crippen LogP contribution in [0.1, 0.15) is 46.0 Å². The lowest BCUT2D eigenvalue weighted by atomic mass is 9.88. The van der Waals surface area contributed by atoms with Gasteiger partial charge in [0.15, 0.2) is 0 Å². The molecule has 1 aliphatic carbocycles. The molecule has 0 aromatic carbocycles. The summed E-state index contributed by atoms with van der Waals surface area (Å²) >= 11 is 1.89. The van der Waals surface area contributed by atoms with Crippen LogP contribution in [0.4, 0.5) is 0 Å². The standard InChI is InChI=1S/C15H31NO2S/c1-12-6-4-5-7-15(12)18-11-14(17)10-16-9-8-13(2)19-3/h12-17H,4-11H2,1-3H3. The molecule has 0 amide bonds. The van der Waals surface area contributed by atoms with Crippen LogP contribution in [0.5, 0.6) is 0 Å². The number of aliphatic hydroxyl groups excluding tert-OH is 1. The molecule has 0 heterocycles. The van der Waals surface area contributed by atoms with E-state index in [0.717, 1.165) is 19.4 Å². The highest BCUT2D eigenvalue weighted by Crippen LogP contribution is 2.26. The Kier molecular flexibility index (Phi) is 9.12. The van der Waals surface area contributed by atoms with Gasteiger partial charge in [0, 0.05) is 11.8 Å². The van der Waals surface area contributed by atoms with Gasteiger partial charge in [0.25, 0.3) is 0 Å². The number of aliphatic hydroxyl groups is 1. The third kappa shape index (κ3) is 7.54. The molecule has 114 valence electrons. The van der Waals surface area contributed by atoms with Gasteiger partial charge < -0.3 is 15.2 Å². The average molecular weight is 289 g/mol. The van der Waals surface area contributed by atoms with Gasteiger partial charge in [-0.05, 0) is 38.0 Å². The summed E-state index contributed by atoms with van der Waals surface area (Å²) in [5.41, 5.74) is 0. The van der Waals surface area contributed by atoms with Crippen LogP contribution in [0.25, 0.3) is 0 Å². The Morgan fingerprint density at radius 1 is 1.37 bits per heavy atom. The highest BCUT2D eigenvalue weighted by Gasteiger charge is 2.22. The topological polar surface area (TPSA) is 41.5 Å². The van der Waals surface area contributed by atoms with Crippen LogP contribution < -0.4 is 5.32 Å². The molecule has 1 saturated carbocycles. The minimum Gasteiger partial charge on any atom is -0.389 e. The number of hydrogen-bond donors (Lipinski definition) is 2. The van der Waals surface area contributed by atoms with Crippen molar-refractivity contribution < 1.29 is 9.84 Å².